The molecule has 4 nitrogen and oxygen atoms in total. The maximum atomic E-state index is 9.91. The molecule has 0 spiro atoms. The van der Waals surface area contributed by atoms with E-state index in [1.54, 1.807) is 0 Å². The van der Waals surface area contributed by atoms with Crippen LogP contribution < -0.4 is 0 Å². The highest BCUT2D eigenvalue weighted by molar-refractivity contribution is 6.56. The van der Waals surface area contributed by atoms with Crippen LogP contribution in [0.1, 0.15) is 0 Å². The number of hydrogen-bond acceptors (Lipinski definition) is 3. The molecule has 0 saturated carbocycles. The summed E-state index contributed by atoms with van der Waals surface area (Å²) in [7, 11) is 0. The van der Waals surface area contributed by atoms with Gasteiger partial charge in [-0.05, 0) is 0 Å². The van der Waals surface area contributed by atoms with Crippen LogP contribution in [0.4, 0.5) is 0 Å². The Morgan fingerprint density at radius 1 is 1.67 bits per heavy atom. The van der Waals surface area contributed by atoms with Crippen molar-refractivity contribution in [3.8, 4) is 0 Å². The zero-order valence-electron chi connectivity index (χ0n) is 4.17. The van der Waals surface area contributed by atoms with Gasteiger partial charge >= 0.3 is 10.5 Å². The van der Waals surface area contributed by atoms with Crippen LogP contribution in [-0.2, 0) is 9.53 Å². The summed E-state index contributed by atoms with van der Waals surface area (Å²) < 4.78 is 1.64. The van der Waals surface area contributed by atoms with Gasteiger partial charge in [0.05, 0.1) is 0 Å². The third-order valence-corrected chi connectivity index (χ3v) is 1.04. The third-order valence-electron chi connectivity index (χ3n) is 0.495. The number of carboxylic acids is 1. The normalized spacial score (nSPS) is 11.4. The summed E-state index contributed by atoms with van der Waals surface area (Å²) in [4.78, 5) is 9.91. The number of carboxylic acid groups (broad SMARTS) is 1. The van der Waals surface area contributed by atoms with Crippen molar-refractivity contribution in [1.82, 2.24) is 0 Å². The Kier molecular flexibility index (Phi) is 3.21. The Balaban J connectivity index is 3.85. The van der Waals surface area contributed by atoms with Crippen LogP contribution in [0.2, 0.25) is 0 Å². The monoisotopic (exact) mass is 174 g/mol. The standard InChI is InChI=1S/C3H4Cl2O4/c4-3(5,2(7)8)9-1-6/h6H,1H2,(H,7,8). The molecule has 0 radical (unpaired) electrons. The van der Waals surface area contributed by atoms with Crippen molar-refractivity contribution in [2.45, 2.75) is 4.52 Å². The lowest BCUT2D eigenvalue weighted by Gasteiger charge is -2.11. The average molecular weight is 175 g/mol. The molecule has 0 aromatic heterocycles. The van der Waals surface area contributed by atoms with Gasteiger partial charge in [-0.1, -0.05) is 23.2 Å². The molecule has 0 aliphatic carbocycles. The highest BCUT2D eigenvalue weighted by atomic mass is 35.5. The Labute approximate surface area is 60.9 Å². The Morgan fingerprint density at radius 2 is 2.11 bits per heavy atom. The second-order valence-electron chi connectivity index (χ2n) is 1.10. The van der Waals surface area contributed by atoms with Crippen molar-refractivity contribution in [1.29, 1.82) is 0 Å². The summed E-state index contributed by atoms with van der Waals surface area (Å²) in [6.45, 7) is -0.834. The SMILES string of the molecule is O=C(O)C(Cl)(Cl)OCO. The van der Waals surface area contributed by atoms with E-state index >= 15 is 0 Å². The van der Waals surface area contributed by atoms with Crippen molar-refractivity contribution in [3.05, 3.63) is 0 Å². The van der Waals surface area contributed by atoms with E-state index in [1.165, 1.54) is 0 Å². The number of hydrogen-bond donors (Lipinski definition) is 2. The summed E-state index contributed by atoms with van der Waals surface area (Å²) in [6, 6.07) is 0. The molecule has 0 unspecified atom stereocenters. The summed E-state index contributed by atoms with van der Waals surface area (Å²) in [5, 5.41) is 16.1. The molecule has 0 aliphatic heterocycles. The highest BCUT2D eigenvalue weighted by Crippen LogP contribution is 2.21. The predicted octanol–water partition coefficient (Wildman–Crippen LogP) is 0.169. The number of ether oxygens (including phenoxy) is 1. The van der Waals surface area contributed by atoms with E-state index in [-0.39, 0.29) is 0 Å². The van der Waals surface area contributed by atoms with Crippen LogP contribution in [0, 0.1) is 0 Å². The number of carbonyl (C=O) groups is 1. The number of alkyl halides is 2. The fourth-order valence-corrected chi connectivity index (χ4v) is 0.240. The molecule has 0 aromatic rings. The van der Waals surface area contributed by atoms with E-state index in [1.807, 2.05) is 0 Å². The van der Waals surface area contributed by atoms with Crippen LogP contribution in [0.25, 0.3) is 0 Å². The van der Waals surface area contributed by atoms with Gasteiger partial charge in [-0.3, -0.25) is 0 Å². The fraction of sp³-hybridized carbons (Fsp3) is 0.667. The van der Waals surface area contributed by atoms with Crippen LogP contribution >= 0.6 is 23.2 Å². The third kappa shape index (κ3) is 2.86. The van der Waals surface area contributed by atoms with E-state index in [0.29, 0.717) is 0 Å². The maximum Gasteiger partial charge on any atom is 0.368 e. The molecule has 0 aromatic carbocycles. The molecule has 0 bridgehead atoms. The predicted molar refractivity (Wildman–Crippen MR) is 30.2 cm³/mol. The van der Waals surface area contributed by atoms with E-state index in [2.05, 4.69) is 4.74 Å². The van der Waals surface area contributed by atoms with Crippen molar-refractivity contribution >= 4 is 29.2 Å². The number of aliphatic hydroxyl groups is 1. The van der Waals surface area contributed by atoms with Gasteiger partial charge in [-0.25, -0.2) is 4.79 Å². The average Bonchev–Trinajstić information content (AvgIpc) is 1.65. The molecular formula is C3H4Cl2O4. The van der Waals surface area contributed by atoms with Crippen molar-refractivity contribution in [3.63, 3.8) is 0 Å². The summed E-state index contributed by atoms with van der Waals surface area (Å²) in [6.07, 6.45) is 0. The van der Waals surface area contributed by atoms with Gasteiger partial charge in [0.25, 0.3) is 0 Å². The zero-order valence-corrected chi connectivity index (χ0v) is 5.69. The first-order chi connectivity index (χ1) is 4.00. The fourth-order valence-electron chi connectivity index (χ4n) is 0.143. The second-order valence-corrected chi connectivity index (χ2v) is 2.35. The van der Waals surface area contributed by atoms with E-state index in [9.17, 15) is 4.79 Å². The summed E-state index contributed by atoms with van der Waals surface area (Å²) in [5.74, 6) is -1.56. The summed E-state index contributed by atoms with van der Waals surface area (Å²) >= 11 is 9.91. The zero-order chi connectivity index (χ0) is 7.49. The van der Waals surface area contributed by atoms with E-state index in [0.717, 1.165) is 0 Å². The minimum atomic E-state index is -2.34. The van der Waals surface area contributed by atoms with Gasteiger partial charge in [0.15, 0.2) is 0 Å². The lowest BCUT2D eigenvalue weighted by molar-refractivity contribution is -0.153. The molecular weight excluding hydrogens is 171 g/mol. The molecule has 0 atom stereocenters. The van der Waals surface area contributed by atoms with Crippen molar-refractivity contribution < 1.29 is 19.7 Å². The molecule has 54 valence electrons. The largest absolute Gasteiger partial charge is 0.477 e. The van der Waals surface area contributed by atoms with Crippen molar-refractivity contribution in [2.24, 2.45) is 0 Å². The summed E-state index contributed by atoms with van der Waals surface area (Å²) in [5.41, 5.74) is 0. The van der Waals surface area contributed by atoms with E-state index < -0.39 is 17.3 Å². The molecule has 2 N–H and O–H groups in total. The molecule has 0 aliphatic rings. The van der Waals surface area contributed by atoms with Crippen LogP contribution in [-0.4, -0.2) is 27.5 Å². The Morgan fingerprint density at radius 3 is 2.22 bits per heavy atom. The number of aliphatic carboxylic acids is 1. The van der Waals surface area contributed by atoms with Gasteiger partial charge in [0.2, 0.25) is 0 Å². The molecule has 0 saturated heterocycles. The molecule has 0 amide bonds. The van der Waals surface area contributed by atoms with Gasteiger partial charge < -0.3 is 14.9 Å². The van der Waals surface area contributed by atoms with E-state index in [4.69, 9.17) is 33.4 Å². The topological polar surface area (TPSA) is 66.8 Å². The number of rotatable bonds is 3. The molecule has 9 heavy (non-hydrogen) atoms. The Bertz CT molecular complexity index is 112. The molecule has 0 fully saturated rings. The van der Waals surface area contributed by atoms with Gasteiger partial charge in [0, 0.05) is 0 Å². The van der Waals surface area contributed by atoms with Crippen LogP contribution in [0.5, 0.6) is 0 Å². The first kappa shape index (κ1) is 8.97. The first-order valence-corrected chi connectivity index (χ1v) is 2.62. The second kappa shape index (κ2) is 3.22. The quantitative estimate of drug-likeness (QED) is 0.473. The smallest absolute Gasteiger partial charge is 0.368 e. The molecule has 6 heteroatoms. The number of halogens is 2. The molecule has 0 rings (SSSR count). The number of aliphatic hydroxyl groups excluding tert-OH is 1. The highest BCUT2D eigenvalue weighted by Gasteiger charge is 2.34. The van der Waals surface area contributed by atoms with Crippen LogP contribution in [0.15, 0.2) is 0 Å². The van der Waals surface area contributed by atoms with Gasteiger partial charge in [-0.15, -0.1) is 0 Å². The van der Waals surface area contributed by atoms with Gasteiger partial charge in [0.1, 0.15) is 6.79 Å². The molecule has 0 heterocycles. The van der Waals surface area contributed by atoms with Crippen LogP contribution in [0.3, 0.4) is 0 Å². The van der Waals surface area contributed by atoms with Crippen molar-refractivity contribution in [2.75, 3.05) is 6.79 Å². The lowest BCUT2D eigenvalue weighted by atomic mass is 10.7. The van der Waals surface area contributed by atoms with Gasteiger partial charge in [-0.2, -0.15) is 0 Å². The lowest BCUT2D eigenvalue weighted by Crippen LogP contribution is -2.29. The Hall–Kier alpha value is -0.0300. The first-order valence-electron chi connectivity index (χ1n) is 1.86. The minimum Gasteiger partial charge on any atom is -0.477 e. The maximum absolute atomic E-state index is 9.91. The minimum absolute atomic E-state index is 0.834.